The molecule has 1 heterocycles. The predicted molar refractivity (Wildman–Crippen MR) is 81.2 cm³/mol. The molecule has 2 rings (SSSR count). The molecule has 1 atom stereocenters. The Morgan fingerprint density at radius 3 is 2.58 bits per heavy atom. The van der Waals surface area contributed by atoms with E-state index in [9.17, 15) is 0 Å². The number of aromatic nitrogens is 1. The van der Waals surface area contributed by atoms with Gasteiger partial charge in [0, 0.05) is 17.3 Å². The summed E-state index contributed by atoms with van der Waals surface area (Å²) >= 11 is 1.77. The quantitative estimate of drug-likeness (QED) is 0.629. The molecule has 0 saturated carbocycles. The molecule has 19 heavy (non-hydrogen) atoms. The van der Waals surface area contributed by atoms with Crippen molar-refractivity contribution in [3.05, 3.63) is 51.5 Å². The van der Waals surface area contributed by atoms with Crippen molar-refractivity contribution >= 4 is 11.3 Å². The molecule has 0 spiro atoms. The predicted octanol–water partition coefficient (Wildman–Crippen LogP) is 2.77. The maximum atomic E-state index is 5.66. The van der Waals surface area contributed by atoms with Crippen LogP contribution in [0.5, 0.6) is 0 Å². The van der Waals surface area contributed by atoms with E-state index in [0.29, 0.717) is 0 Å². The Hall–Kier alpha value is -1.23. The molecule has 2 aromatic rings. The first-order chi connectivity index (χ1) is 9.19. The van der Waals surface area contributed by atoms with Gasteiger partial charge in [0.05, 0.1) is 10.7 Å². The Balaban J connectivity index is 1.90. The zero-order chi connectivity index (χ0) is 13.7. The van der Waals surface area contributed by atoms with E-state index in [0.717, 1.165) is 25.0 Å². The Kier molecular flexibility index (Phi) is 5.07. The molecule has 0 aliphatic rings. The maximum Gasteiger partial charge on any atom is 0.0946 e. The summed E-state index contributed by atoms with van der Waals surface area (Å²) in [4.78, 5) is 5.88. The average molecular weight is 275 g/mol. The Morgan fingerprint density at radius 1 is 1.26 bits per heavy atom. The second-order valence-electron chi connectivity index (χ2n) is 4.84. The second-order valence-corrected chi connectivity index (χ2v) is 6.13. The molecule has 0 fully saturated rings. The molecular formula is C15H21N3S. The molecule has 3 nitrogen and oxygen atoms in total. The number of nitrogens with two attached hydrogens (primary N) is 1. The van der Waals surface area contributed by atoms with E-state index >= 15 is 0 Å². The fraction of sp³-hybridized carbons (Fsp3) is 0.400. The van der Waals surface area contributed by atoms with Crippen LogP contribution in [0.3, 0.4) is 0 Å². The number of hydrazine groups is 1. The lowest BCUT2D eigenvalue weighted by atomic mass is 10.0. The lowest BCUT2D eigenvalue weighted by Gasteiger charge is -2.14. The van der Waals surface area contributed by atoms with Gasteiger partial charge in [0.15, 0.2) is 0 Å². The molecule has 0 amide bonds. The number of nitrogens with one attached hydrogen (secondary N) is 1. The van der Waals surface area contributed by atoms with E-state index in [2.05, 4.69) is 48.5 Å². The van der Waals surface area contributed by atoms with Crippen LogP contribution in [0.4, 0.5) is 0 Å². The molecule has 1 aromatic heterocycles. The van der Waals surface area contributed by atoms with Gasteiger partial charge in [0.2, 0.25) is 0 Å². The number of rotatable bonds is 6. The largest absolute Gasteiger partial charge is 0.271 e. The average Bonchev–Trinajstić information content (AvgIpc) is 2.74. The van der Waals surface area contributed by atoms with E-state index in [4.69, 9.17) is 5.84 Å². The summed E-state index contributed by atoms with van der Waals surface area (Å²) in [5.41, 5.74) is 5.41. The highest BCUT2D eigenvalue weighted by Crippen LogP contribution is 2.19. The smallest absolute Gasteiger partial charge is 0.0946 e. The summed E-state index contributed by atoms with van der Waals surface area (Å²) < 4.78 is 0. The van der Waals surface area contributed by atoms with Gasteiger partial charge in [-0.1, -0.05) is 30.3 Å². The van der Waals surface area contributed by atoms with Crippen LogP contribution in [0.15, 0.2) is 30.3 Å². The first-order valence-corrected chi connectivity index (χ1v) is 7.43. The third-order valence-electron chi connectivity index (χ3n) is 3.35. The van der Waals surface area contributed by atoms with Gasteiger partial charge in [0.25, 0.3) is 0 Å². The minimum Gasteiger partial charge on any atom is -0.271 e. The van der Waals surface area contributed by atoms with Crippen molar-refractivity contribution < 1.29 is 0 Å². The highest BCUT2D eigenvalue weighted by Gasteiger charge is 2.11. The van der Waals surface area contributed by atoms with E-state index in [1.54, 1.807) is 11.3 Å². The van der Waals surface area contributed by atoms with Crippen molar-refractivity contribution in [1.29, 1.82) is 0 Å². The fourth-order valence-electron chi connectivity index (χ4n) is 2.07. The lowest BCUT2D eigenvalue weighted by Crippen LogP contribution is -2.37. The summed E-state index contributed by atoms with van der Waals surface area (Å²) in [7, 11) is 0. The van der Waals surface area contributed by atoms with Gasteiger partial charge in [0.1, 0.15) is 0 Å². The van der Waals surface area contributed by atoms with Crippen molar-refractivity contribution in [1.82, 2.24) is 10.4 Å². The molecule has 102 valence electrons. The van der Waals surface area contributed by atoms with Crippen molar-refractivity contribution in [3.8, 4) is 0 Å². The summed E-state index contributed by atoms with van der Waals surface area (Å²) in [6, 6.07) is 10.8. The Bertz CT molecular complexity index is 488. The number of aryl methyl sites for hydroxylation is 3. The first-order valence-electron chi connectivity index (χ1n) is 6.62. The van der Waals surface area contributed by atoms with Gasteiger partial charge >= 0.3 is 0 Å². The standard InChI is InChI=1S/C15H21N3S/c1-11-12(2)19-15(17-11)10-14(18-16)9-8-13-6-4-3-5-7-13/h3-7,14,18H,8-10,16H2,1-2H3. The molecule has 0 aliphatic carbocycles. The molecule has 0 bridgehead atoms. The third-order valence-corrected chi connectivity index (χ3v) is 4.45. The summed E-state index contributed by atoms with van der Waals surface area (Å²) in [6.45, 7) is 4.18. The number of nitrogens with zero attached hydrogens (tertiary/aromatic N) is 1. The maximum absolute atomic E-state index is 5.66. The molecular weight excluding hydrogens is 254 g/mol. The summed E-state index contributed by atoms with van der Waals surface area (Å²) in [6.07, 6.45) is 2.97. The third kappa shape index (κ3) is 4.13. The highest BCUT2D eigenvalue weighted by atomic mass is 32.1. The van der Waals surface area contributed by atoms with Crippen molar-refractivity contribution in [2.24, 2.45) is 5.84 Å². The van der Waals surface area contributed by atoms with Crippen LogP contribution >= 0.6 is 11.3 Å². The van der Waals surface area contributed by atoms with Crippen LogP contribution in [-0.2, 0) is 12.8 Å². The molecule has 0 aliphatic heterocycles. The Morgan fingerprint density at radius 2 is 2.00 bits per heavy atom. The van der Waals surface area contributed by atoms with E-state index in [1.165, 1.54) is 15.4 Å². The van der Waals surface area contributed by atoms with Gasteiger partial charge in [-0.15, -0.1) is 11.3 Å². The van der Waals surface area contributed by atoms with Gasteiger partial charge in [-0.3, -0.25) is 11.3 Å². The van der Waals surface area contributed by atoms with Gasteiger partial charge in [-0.2, -0.15) is 0 Å². The molecule has 1 aromatic carbocycles. The fourth-order valence-corrected chi connectivity index (χ4v) is 3.08. The van der Waals surface area contributed by atoms with Crippen LogP contribution in [-0.4, -0.2) is 11.0 Å². The van der Waals surface area contributed by atoms with Gasteiger partial charge in [-0.25, -0.2) is 4.98 Å². The van der Waals surface area contributed by atoms with Gasteiger partial charge in [-0.05, 0) is 32.3 Å². The number of benzene rings is 1. The van der Waals surface area contributed by atoms with E-state index in [-0.39, 0.29) is 6.04 Å². The van der Waals surface area contributed by atoms with Gasteiger partial charge < -0.3 is 0 Å². The highest BCUT2D eigenvalue weighted by molar-refractivity contribution is 7.11. The zero-order valence-electron chi connectivity index (χ0n) is 11.5. The molecule has 1 unspecified atom stereocenters. The summed E-state index contributed by atoms with van der Waals surface area (Å²) in [5.74, 6) is 5.66. The minimum absolute atomic E-state index is 0.283. The second kappa shape index (κ2) is 6.80. The van der Waals surface area contributed by atoms with Crippen LogP contribution in [0.2, 0.25) is 0 Å². The molecule has 4 heteroatoms. The van der Waals surface area contributed by atoms with Crippen LogP contribution in [0.1, 0.15) is 27.6 Å². The van der Waals surface area contributed by atoms with Crippen molar-refractivity contribution in [2.75, 3.05) is 0 Å². The van der Waals surface area contributed by atoms with Crippen LogP contribution in [0.25, 0.3) is 0 Å². The number of hydrogen-bond donors (Lipinski definition) is 2. The number of thiazole rings is 1. The molecule has 3 N–H and O–H groups in total. The Labute approximate surface area is 118 Å². The van der Waals surface area contributed by atoms with E-state index < -0.39 is 0 Å². The van der Waals surface area contributed by atoms with E-state index in [1.807, 2.05) is 6.07 Å². The van der Waals surface area contributed by atoms with Crippen molar-refractivity contribution in [3.63, 3.8) is 0 Å². The van der Waals surface area contributed by atoms with Crippen LogP contribution in [0, 0.1) is 13.8 Å². The first kappa shape index (κ1) is 14.2. The lowest BCUT2D eigenvalue weighted by molar-refractivity contribution is 0.490. The molecule has 0 radical (unpaired) electrons. The topological polar surface area (TPSA) is 50.9 Å². The normalized spacial score (nSPS) is 12.6. The molecule has 0 saturated heterocycles. The van der Waals surface area contributed by atoms with Crippen molar-refractivity contribution in [2.45, 2.75) is 39.2 Å². The number of hydrogen-bond acceptors (Lipinski definition) is 4. The van der Waals surface area contributed by atoms with Crippen LogP contribution < -0.4 is 11.3 Å². The zero-order valence-corrected chi connectivity index (χ0v) is 12.3. The summed E-state index contributed by atoms with van der Waals surface area (Å²) in [5, 5.41) is 1.17. The monoisotopic (exact) mass is 275 g/mol. The minimum atomic E-state index is 0.283. The SMILES string of the molecule is Cc1nc(CC(CCc2ccccc2)NN)sc1C.